The van der Waals surface area contributed by atoms with Gasteiger partial charge in [-0.05, 0) is 22.9 Å². The molecule has 1 aromatic heterocycles. The second-order valence-electron chi connectivity index (χ2n) is 7.80. The predicted octanol–water partition coefficient (Wildman–Crippen LogP) is 5.24. The van der Waals surface area contributed by atoms with Crippen LogP contribution in [0.3, 0.4) is 0 Å². The summed E-state index contributed by atoms with van der Waals surface area (Å²) in [5, 5.41) is 0. The van der Waals surface area contributed by atoms with Gasteiger partial charge in [-0.3, -0.25) is 0 Å². The van der Waals surface area contributed by atoms with Crippen LogP contribution < -0.4 is 0 Å². The first kappa shape index (κ1) is 22.0. The van der Waals surface area contributed by atoms with Crippen LogP contribution in [-0.2, 0) is 25.5 Å². The molecular weight excluding hydrogens is 547 g/mol. The number of allylic oxidation sites excluding steroid dienone is 1. The Hall–Kier alpha value is -2.68. The average Bonchev–Trinajstić information content (AvgIpc) is 3.30. The van der Waals surface area contributed by atoms with Gasteiger partial charge >= 0.3 is 0 Å². The monoisotopic (exact) mass is 572 g/mol. The van der Waals surface area contributed by atoms with Crippen molar-refractivity contribution in [3.05, 3.63) is 114 Å². The summed E-state index contributed by atoms with van der Waals surface area (Å²) in [7, 11) is 2.09. The third kappa shape index (κ3) is 4.56. The van der Waals surface area contributed by atoms with Crippen LogP contribution in [0.5, 0.6) is 0 Å². The zero-order valence-electron chi connectivity index (χ0n) is 17.5. The first-order chi connectivity index (χ1) is 14.1. The van der Waals surface area contributed by atoms with E-state index in [9.17, 15) is 0 Å². The molecule has 2 heterocycles. The van der Waals surface area contributed by atoms with Gasteiger partial charge in [0, 0.05) is 45.7 Å². The molecule has 2 aliphatic rings. The number of pyridine rings is 1. The van der Waals surface area contributed by atoms with E-state index in [1.165, 1.54) is 16.8 Å². The molecule has 0 N–H and O–H groups in total. The van der Waals surface area contributed by atoms with E-state index in [4.69, 9.17) is 0 Å². The summed E-state index contributed by atoms with van der Waals surface area (Å²) in [5.41, 5.74) is 5.93. The van der Waals surface area contributed by atoms with Crippen LogP contribution in [-0.4, -0.2) is 28.5 Å². The van der Waals surface area contributed by atoms with Crippen molar-refractivity contribution in [1.82, 2.24) is 14.8 Å². The molecular formula is C26H25IrN3-2. The molecule has 3 aromatic rings. The Balaban J connectivity index is 0.000000175. The molecule has 3 nitrogen and oxygen atoms in total. The Kier molecular flexibility index (Phi) is 6.91. The summed E-state index contributed by atoms with van der Waals surface area (Å²) in [6.07, 6.45) is 9.58. The Morgan fingerprint density at radius 3 is 2.33 bits per heavy atom. The molecule has 4 heteroatoms. The molecule has 2 aromatic carbocycles. The van der Waals surface area contributed by atoms with Gasteiger partial charge in [-0.2, -0.15) is 17.7 Å². The summed E-state index contributed by atoms with van der Waals surface area (Å²) in [5.74, 6) is 0. The minimum atomic E-state index is 0. The van der Waals surface area contributed by atoms with Crippen LogP contribution in [0.2, 0.25) is 0 Å². The van der Waals surface area contributed by atoms with Gasteiger partial charge in [-0.1, -0.05) is 32.0 Å². The van der Waals surface area contributed by atoms with Crippen molar-refractivity contribution in [3.63, 3.8) is 0 Å². The third-order valence-corrected chi connectivity index (χ3v) is 5.26. The molecule has 5 rings (SSSR count). The number of rotatable bonds is 2. The number of aromatic nitrogens is 1. The minimum absolute atomic E-state index is 0. The van der Waals surface area contributed by atoms with Crippen molar-refractivity contribution < 1.29 is 20.1 Å². The number of nitrogens with zero attached hydrogens (tertiary/aromatic N) is 3. The number of benzene rings is 2. The van der Waals surface area contributed by atoms with Crippen LogP contribution in [0.15, 0.2) is 91.0 Å². The van der Waals surface area contributed by atoms with E-state index in [1.54, 1.807) is 6.20 Å². The standard InChI is InChI=1S/C15H17N2.C11H8N.Ir/c1-15(2)13-7-5-4-6-12(13)10-14(15)17-9-8-16(3)11-17;1-2-6-10(7-3-1)11-8-4-5-9-12-11;/h4-9H,11H2,1-3H3;1-6,8-9H;/q2*-1;. The van der Waals surface area contributed by atoms with Crippen LogP contribution in [0.4, 0.5) is 0 Å². The molecule has 0 saturated carbocycles. The molecule has 0 unspecified atom stereocenters. The van der Waals surface area contributed by atoms with Gasteiger partial charge < -0.3 is 14.8 Å². The Labute approximate surface area is 193 Å². The Bertz CT molecular complexity index is 989. The van der Waals surface area contributed by atoms with Crippen molar-refractivity contribution in [1.29, 1.82) is 0 Å². The smallest absolute Gasteiger partial charge is 0.0924 e. The predicted molar refractivity (Wildman–Crippen MR) is 117 cm³/mol. The normalized spacial score (nSPS) is 15.6. The third-order valence-electron chi connectivity index (χ3n) is 5.26. The van der Waals surface area contributed by atoms with E-state index in [0.717, 1.165) is 17.9 Å². The summed E-state index contributed by atoms with van der Waals surface area (Å²) in [4.78, 5) is 8.67. The quantitative estimate of drug-likeness (QED) is 0.393. The molecule has 30 heavy (non-hydrogen) atoms. The largest absolute Gasteiger partial charge is 0.361 e. The average molecular weight is 572 g/mol. The molecule has 0 amide bonds. The maximum Gasteiger partial charge on any atom is 0.0924 e. The molecule has 1 radical (unpaired) electrons. The fraction of sp³-hybridized carbons (Fsp3) is 0.192. The SMILES string of the molecule is CN1C=CN(C2=[C-]c3ccccc3C2(C)C)C1.[Ir].[c-]1ccccc1-c1ccccn1. The summed E-state index contributed by atoms with van der Waals surface area (Å²) >= 11 is 0. The van der Waals surface area contributed by atoms with Crippen molar-refractivity contribution >= 4 is 0 Å². The van der Waals surface area contributed by atoms with Crippen molar-refractivity contribution in [2.24, 2.45) is 0 Å². The number of hydrogen-bond donors (Lipinski definition) is 0. The van der Waals surface area contributed by atoms with Crippen molar-refractivity contribution in [2.75, 3.05) is 13.7 Å². The van der Waals surface area contributed by atoms with Gasteiger partial charge in [-0.25, -0.2) is 0 Å². The van der Waals surface area contributed by atoms with Gasteiger partial charge in [0.15, 0.2) is 0 Å². The maximum absolute atomic E-state index is 4.22. The van der Waals surface area contributed by atoms with Crippen molar-refractivity contribution in [2.45, 2.75) is 19.3 Å². The number of hydrogen-bond acceptors (Lipinski definition) is 3. The van der Waals surface area contributed by atoms with Crippen LogP contribution in [0, 0.1) is 12.1 Å². The van der Waals surface area contributed by atoms with Crippen molar-refractivity contribution in [3.8, 4) is 11.3 Å². The molecule has 0 spiro atoms. The first-order valence-corrected chi connectivity index (χ1v) is 9.83. The topological polar surface area (TPSA) is 19.4 Å². The molecule has 0 atom stereocenters. The zero-order valence-corrected chi connectivity index (χ0v) is 19.9. The summed E-state index contributed by atoms with van der Waals surface area (Å²) in [6.45, 7) is 5.46. The molecule has 155 valence electrons. The number of fused-ring (bicyclic) bond motifs is 1. The summed E-state index contributed by atoms with van der Waals surface area (Å²) < 4.78 is 0. The van der Waals surface area contributed by atoms with Crippen LogP contribution >= 0.6 is 0 Å². The first-order valence-electron chi connectivity index (χ1n) is 9.83. The van der Waals surface area contributed by atoms with Gasteiger partial charge in [-0.15, -0.1) is 53.6 Å². The minimum Gasteiger partial charge on any atom is -0.361 e. The van der Waals surface area contributed by atoms with E-state index in [0.29, 0.717) is 0 Å². The maximum atomic E-state index is 4.22. The Morgan fingerprint density at radius 1 is 0.933 bits per heavy atom. The second kappa shape index (κ2) is 9.42. The van der Waals surface area contributed by atoms with Crippen LogP contribution in [0.1, 0.15) is 25.0 Å². The van der Waals surface area contributed by atoms with E-state index >= 15 is 0 Å². The van der Waals surface area contributed by atoms with Gasteiger partial charge in [0.05, 0.1) is 6.67 Å². The van der Waals surface area contributed by atoms with Crippen LogP contribution in [0.25, 0.3) is 11.3 Å². The van der Waals surface area contributed by atoms with Gasteiger partial charge in [0.2, 0.25) is 0 Å². The van der Waals surface area contributed by atoms with Gasteiger partial charge in [0.1, 0.15) is 0 Å². The summed E-state index contributed by atoms with van der Waals surface area (Å²) in [6, 6.07) is 25.4. The fourth-order valence-corrected chi connectivity index (χ4v) is 3.73. The second-order valence-corrected chi connectivity index (χ2v) is 7.80. The van der Waals surface area contributed by atoms with E-state index in [2.05, 4.69) is 84.5 Å². The van der Waals surface area contributed by atoms with Gasteiger partial charge in [0.25, 0.3) is 0 Å². The van der Waals surface area contributed by atoms with E-state index in [-0.39, 0.29) is 25.5 Å². The Morgan fingerprint density at radius 2 is 1.70 bits per heavy atom. The van der Waals surface area contributed by atoms with E-state index in [1.807, 2.05) is 42.5 Å². The van der Waals surface area contributed by atoms with E-state index < -0.39 is 0 Å². The molecule has 0 bridgehead atoms. The molecule has 1 aliphatic carbocycles. The molecule has 0 saturated heterocycles. The molecule has 1 aliphatic heterocycles. The zero-order chi connectivity index (χ0) is 20.3. The molecule has 0 fully saturated rings. The fourth-order valence-electron chi connectivity index (χ4n) is 3.73.